The molecule has 1 aromatic rings. The molecular weight excluding hydrogens is 211 g/mol. The van der Waals surface area contributed by atoms with Crippen LogP contribution in [0, 0.1) is 5.82 Å². The Kier molecular flexibility index (Phi) is 3.75. The Balaban J connectivity index is 3.44. The second kappa shape index (κ2) is 4.70. The summed E-state index contributed by atoms with van der Waals surface area (Å²) in [6.45, 7) is 3.60. The second-order valence-electron chi connectivity index (χ2n) is 4.23. The molecule has 0 atom stereocenters. The Morgan fingerprint density at radius 3 is 1.94 bits per heavy atom. The Bertz CT molecular complexity index is 350. The molecule has 4 heteroatoms. The van der Waals surface area contributed by atoms with Crippen LogP contribution in [0.5, 0.6) is 11.5 Å². The number of rotatable bonds is 4. The molecule has 3 nitrogen and oxygen atoms in total. The molecule has 0 aliphatic heterocycles. The molecule has 0 aliphatic carbocycles. The van der Waals surface area contributed by atoms with Gasteiger partial charge in [0.05, 0.1) is 20.8 Å². The lowest BCUT2D eigenvalue weighted by molar-refractivity contribution is 0.210. The molecule has 1 aromatic carbocycles. The van der Waals surface area contributed by atoms with Crippen LogP contribution >= 0.6 is 0 Å². The van der Waals surface area contributed by atoms with E-state index in [4.69, 9.17) is 9.47 Å². The fourth-order valence-corrected chi connectivity index (χ4v) is 1.63. The molecule has 90 valence electrons. The fraction of sp³-hybridized carbons (Fsp3) is 0.500. The Labute approximate surface area is 94.8 Å². The van der Waals surface area contributed by atoms with Crippen molar-refractivity contribution < 1.29 is 19.0 Å². The van der Waals surface area contributed by atoms with Gasteiger partial charge >= 0.3 is 0 Å². The lowest BCUT2D eigenvalue weighted by Crippen LogP contribution is -2.24. The summed E-state index contributed by atoms with van der Waals surface area (Å²) in [5.41, 5.74) is 0.117. The highest BCUT2D eigenvalue weighted by Gasteiger charge is 2.28. The van der Waals surface area contributed by atoms with Crippen LogP contribution in [0.2, 0.25) is 0 Å². The van der Waals surface area contributed by atoms with Crippen molar-refractivity contribution in [3.8, 4) is 11.5 Å². The van der Waals surface area contributed by atoms with Crippen molar-refractivity contribution in [1.29, 1.82) is 0 Å². The molecule has 1 rings (SSSR count). The van der Waals surface area contributed by atoms with E-state index in [9.17, 15) is 9.50 Å². The predicted octanol–water partition coefficient (Wildman–Crippen LogP) is 2.11. The number of aliphatic hydroxyl groups excluding tert-OH is 1. The third-order valence-electron chi connectivity index (χ3n) is 2.54. The summed E-state index contributed by atoms with van der Waals surface area (Å²) in [6.07, 6.45) is 0. The van der Waals surface area contributed by atoms with E-state index >= 15 is 0 Å². The van der Waals surface area contributed by atoms with Gasteiger partial charge in [-0.2, -0.15) is 0 Å². The van der Waals surface area contributed by atoms with E-state index in [0.717, 1.165) is 0 Å². The molecule has 0 bridgehead atoms. The molecule has 16 heavy (non-hydrogen) atoms. The van der Waals surface area contributed by atoms with Crippen molar-refractivity contribution >= 4 is 0 Å². The van der Waals surface area contributed by atoms with Crippen molar-refractivity contribution in [2.75, 3.05) is 20.8 Å². The Morgan fingerprint density at radius 1 is 1.19 bits per heavy atom. The van der Waals surface area contributed by atoms with Gasteiger partial charge < -0.3 is 14.6 Å². The molecule has 0 unspecified atom stereocenters. The van der Waals surface area contributed by atoms with Crippen LogP contribution < -0.4 is 9.47 Å². The van der Waals surface area contributed by atoms with Gasteiger partial charge in [-0.25, -0.2) is 4.39 Å². The number of benzene rings is 1. The predicted molar refractivity (Wildman–Crippen MR) is 59.6 cm³/mol. The lowest BCUT2D eigenvalue weighted by atomic mass is 9.84. The van der Waals surface area contributed by atoms with Crippen LogP contribution in [-0.4, -0.2) is 25.9 Å². The van der Waals surface area contributed by atoms with Crippen LogP contribution in [0.4, 0.5) is 4.39 Å². The normalized spacial score (nSPS) is 11.4. The van der Waals surface area contributed by atoms with Gasteiger partial charge in [0.25, 0.3) is 0 Å². The molecule has 0 radical (unpaired) electrons. The lowest BCUT2D eigenvalue weighted by Gasteiger charge is -2.26. The van der Waals surface area contributed by atoms with Crippen LogP contribution in [0.15, 0.2) is 12.1 Å². The van der Waals surface area contributed by atoms with Crippen LogP contribution in [0.1, 0.15) is 19.4 Å². The summed E-state index contributed by atoms with van der Waals surface area (Å²) in [5.74, 6) is 0.345. The monoisotopic (exact) mass is 228 g/mol. The number of hydrogen-bond acceptors (Lipinski definition) is 3. The molecule has 0 amide bonds. The molecule has 0 saturated carbocycles. The van der Waals surface area contributed by atoms with E-state index in [1.165, 1.54) is 26.4 Å². The second-order valence-corrected chi connectivity index (χ2v) is 4.23. The SMILES string of the molecule is COc1cc(F)cc(OC)c1C(C)(C)CO. The minimum atomic E-state index is -0.551. The molecule has 0 fully saturated rings. The van der Waals surface area contributed by atoms with Crippen molar-refractivity contribution in [1.82, 2.24) is 0 Å². The van der Waals surface area contributed by atoms with Gasteiger partial charge in [-0.05, 0) is 0 Å². The molecule has 1 N–H and O–H groups in total. The average molecular weight is 228 g/mol. The zero-order valence-corrected chi connectivity index (χ0v) is 10.0. The van der Waals surface area contributed by atoms with Gasteiger partial charge in [0, 0.05) is 23.1 Å². The largest absolute Gasteiger partial charge is 0.496 e. The van der Waals surface area contributed by atoms with E-state index in [0.29, 0.717) is 17.1 Å². The van der Waals surface area contributed by atoms with E-state index in [2.05, 4.69) is 0 Å². The number of ether oxygens (including phenoxy) is 2. The third kappa shape index (κ3) is 2.27. The quantitative estimate of drug-likeness (QED) is 0.857. The zero-order valence-electron chi connectivity index (χ0n) is 10.0. The Morgan fingerprint density at radius 2 is 1.62 bits per heavy atom. The van der Waals surface area contributed by atoms with E-state index in [1.807, 2.05) is 13.8 Å². The first-order chi connectivity index (χ1) is 7.46. The molecule has 0 spiro atoms. The summed E-state index contributed by atoms with van der Waals surface area (Å²) in [6, 6.07) is 2.57. The highest BCUT2D eigenvalue weighted by atomic mass is 19.1. The highest BCUT2D eigenvalue weighted by Crippen LogP contribution is 2.39. The van der Waals surface area contributed by atoms with Crippen LogP contribution in [-0.2, 0) is 5.41 Å². The number of methoxy groups -OCH3 is 2. The Hall–Kier alpha value is -1.29. The topological polar surface area (TPSA) is 38.7 Å². The maximum atomic E-state index is 13.3. The smallest absolute Gasteiger partial charge is 0.130 e. The van der Waals surface area contributed by atoms with Crippen molar-refractivity contribution in [2.24, 2.45) is 0 Å². The van der Waals surface area contributed by atoms with E-state index < -0.39 is 11.2 Å². The number of hydrogen-bond donors (Lipinski definition) is 1. The first-order valence-electron chi connectivity index (χ1n) is 4.99. The van der Waals surface area contributed by atoms with E-state index in [1.54, 1.807) is 0 Å². The summed E-state index contributed by atoms with van der Waals surface area (Å²) in [4.78, 5) is 0. The first-order valence-corrected chi connectivity index (χ1v) is 4.99. The zero-order chi connectivity index (χ0) is 12.3. The van der Waals surface area contributed by atoms with Crippen molar-refractivity contribution in [3.63, 3.8) is 0 Å². The van der Waals surface area contributed by atoms with E-state index in [-0.39, 0.29) is 6.61 Å². The summed E-state index contributed by atoms with van der Waals surface area (Å²) < 4.78 is 23.5. The van der Waals surface area contributed by atoms with Gasteiger partial charge in [0.2, 0.25) is 0 Å². The van der Waals surface area contributed by atoms with Crippen LogP contribution in [0.25, 0.3) is 0 Å². The molecule has 0 aliphatic rings. The average Bonchev–Trinajstić information content (AvgIpc) is 2.27. The minimum Gasteiger partial charge on any atom is -0.496 e. The number of halogens is 1. The molecule has 0 heterocycles. The fourth-order valence-electron chi connectivity index (χ4n) is 1.63. The van der Waals surface area contributed by atoms with Crippen molar-refractivity contribution in [3.05, 3.63) is 23.5 Å². The standard InChI is InChI=1S/C12H17FO3/c1-12(2,7-14)11-9(15-3)5-8(13)6-10(11)16-4/h5-6,14H,7H2,1-4H3. The molecule has 0 saturated heterocycles. The van der Waals surface area contributed by atoms with Gasteiger partial charge in [0.15, 0.2) is 0 Å². The van der Waals surface area contributed by atoms with Gasteiger partial charge in [-0.3, -0.25) is 0 Å². The van der Waals surface area contributed by atoms with Crippen LogP contribution in [0.3, 0.4) is 0 Å². The summed E-state index contributed by atoms with van der Waals surface area (Å²) in [7, 11) is 2.93. The van der Waals surface area contributed by atoms with Gasteiger partial charge in [-0.1, -0.05) is 13.8 Å². The third-order valence-corrected chi connectivity index (χ3v) is 2.54. The summed E-state index contributed by atoms with van der Waals surface area (Å²) >= 11 is 0. The van der Waals surface area contributed by atoms with Gasteiger partial charge in [0.1, 0.15) is 17.3 Å². The summed E-state index contributed by atoms with van der Waals surface area (Å²) in [5, 5.41) is 9.35. The minimum absolute atomic E-state index is 0.0780. The van der Waals surface area contributed by atoms with Crippen molar-refractivity contribution in [2.45, 2.75) is 19.3 Å². The maximum absolute atomic E-state index is 13.3. The molecule has 0 aromatic heterocycles. The molecular formula is C12H17FO3. The number of aliphatic hydroxyl groups is 1. The highest BCUT2D eigenvalue weighted by molar-refractivity contribution is 5.49. The van der Waals surface area contributed by atoms with Gasteiger partial charge in [-0.15, -0.1) is 0 Å². The first kappa shape index (κ1) is 12.8. The maximum Gasteiger partial charge on any atom is 0.130 e.